The normalized spacial score (nSPS) is 10.8. The van der Waals surface area contributed by atoms with E-state index in [0.29, 0.717) is 17.0 Å². The Morgan fingerprint density at radius 2 is 1.66 bits per heavy atom. The molecule has 6 heteroatoms. The van der Waals surface area contributed by atoms with E-state index in [1.807, 2.05) is 47.0 Å². The van der Waals surface area contributed by atoms with E-state index in [4.69, 9.17) is 0 Å². The minimum absolute atomic E-state index is 0.00348. The Morgan fingerprint density at radius 1 is 0.931 bits per heavy atom. The van der Waals surface area contributed by atoms with Crippen LogP contribution in [0, 0.1) is 0 Å². The first-order chi connectivity index (χ1) is 14.1. The third-order valence-electron chi connectivity index (χ3n) is 4.76. The maximum atomic E-state index is 12.8. The molecular formula is C23H20N4O2. The molecule has 144 valence electrons. The summed E-state index contributed by atoms with van der Waals surface area (Å²) in [6.07, 6.45) is 3.17. The molecule has 0 unspecified atom stereocenters. The Labute approximate surface area is 168 Å². The second-order valence-corrected chi connectivity index (χ2v) is 6.80. The van der Waals surface area contributed by atoms with Crippen LogP contribution >= 0.6 is 0 Å². The molecule has 0 spiro atoms. The lowest BCUT2D eigenvalue weighted by molar-refractivity contribution is 0.0780. The van der Waals surface area contributed by atoms with Gasteiger partial charge in [0.1, 0.15) is 5.82 Å². The molecule has 0 saturated carbocycles. The van der Waals surface area contributed by atoms with Crippen LogP contribution in [0.4, 0.5) is 0 Å². The molecule has 29 heavy (non-hydrogen) atoms. The van der Waals surface area contributed by atoms with Crippen molar-refractivity contribution in [3.63, 3.8) is 0 Å². The number of imidazole rings is 1. The smallest absolute Gasteiger partial charge is 0.255 e. The number of amides is 1. The Balaban J connectivity index is 1.64. The Morgan fingerprint density at radius 3 is 2.41 bits per heavy atom. The van der Waals surface area contributed by atoms with Gasteiger partial charge in [0.25, 0.3) is 5.91 Å². The van der Waals surface area contributed by atoms with E-state index in [9.17, 15) is 9.59 Å². The summed E-state index contributed by atoms with van der Waals surface area (Å²) in [5, 5.41) is 0. The summed E-state index contributed by atoms with van der Waals surface area (Å²) >= 11 is 0. The summed E-state index contributed by atoms with van der Waals surface area (Å²) < 4.78 is 1.89. The van der Waals surface area contributed by atoms with Crippen molar-refractivity contribution in [1.29, 1.82) is 0 Å². The molecule has 0 atom stereocenters. The zero-order chi connectivity index (χ0) is 20.2. The van der Waals surface area contributed by atoms with Crippen molar-refractivity contribution in [3.8, 4) is 0 Å². The lowest BCUT2D eigenvalue weighted by Gasteiger charge is -2.18. The summed E-state index contributed by atoms with van der Waals surface area (Å²) in [6, 6.07) is 20.3. The summed E-state index contributed by atoms with van der Waals surface area (Å²) in [4.78, 5) is 35.8. The lowest BCUT2D eigenvalue weighted by atomic mass is 10.1. The van der Waals surface area contributed by atoms with Gasteiger partial charge in [0.05, 0.1) is 29.7 Å². The fraction of sp³-hybridized carbons (Fsp3) is 0.130. The molecule has 0 radical (unpaired) electrons. The highest BCUT2D eigenvalue weighted by atomic mass is 16.2. The first kappa shape index (κ1) is 18.6. The average Bonchev–Trinajstić information content (AvgIpc) is 3.11. The quantitative estimate of drug-likeness (QED) is 0.477. The summed E-state index contributed by atoms with van der Waals surface area (Å²) in [5.74, 6) is 0.512. The second-order valence-electron chi connectivity index (χ2n) is 6.80. The number of Topliss-reactive ketones (excluding diaryl/α,β-unsaturated/α-hetero) is 1. The highest BCUT2D eigenvalue weighted by Crippen LogP contribution is 2.19. The molecule has 4 aromatic rings. The minimum atomic E-state index is -0.147. The van der Waals surface area contributed by atoms with E-state index in [2.05, 4.69) is 9.97 Å². The van der Waals surface area contributed by atoms with Crippen LogP contribution in [-0.2, 0) is 13.1 Å². The number of pyridine rings is 1. The van der Waals surface area contributed by atoms with Gasteiger partial charge in [-0.2, -0.15) is 0 Å². The monoisotopic (exact) mass is 384 g/mol. The number of rotatable bonds is 6. The number of hydrogen-bond acceptors (Lipinski definition) is 4. The first-order valence-corrected chi connectivity index (χ1v) is 9.31. The number of benzene rings is 2. The molecule has 0 aliphatic carbocycles. The Bertz CT molecular complexity index is 1150. The van der Waals surface area contributed by atoms with Gasteiger partial charge >= 0.3 is 0 Å². The van der Waals surface area contributed by atoms with E-state index < -0.39 is 0 Å². The van der Waals surface area contributed by atoms with Crippen LogP contribution < -0.4 is 0 Å². The molecule has 0 N–H and O–H groups in total. The number of para-hydroxylation sites is 2. The highest BCUT2D eigenvalue weighted by molar-refractivity contribution is 5.97. The molecule has 2 aromatic heterocycles. The first-order valence-electron chi connectivity index (χ1n) is 9.31. The molecule has 2 heterocycles. The van der Waals surface area contributed by atoms with E-state index in [-0.39, 0.29) is 24.8 Å². The van der Waals surface area contributed by atoms with Crippen molar-refractivity contribution >= 4 is 22.7 Å². The zero-order valence-corrected chi connectivity index (χ0v) is 16.0. The third kappa shape index (κ3) is 3.91. The standard InChI is InChI=1S/C23H20N4O2/c1-26(23(29)18-10-7-13-24-14-18)16-22-25-19-11-5-6-12-20(19)27(22)15-21(28)17-8-3-2-4-9-17/h2-14H,15-16H2,1H3. The fourth-order valence-electron chi connectivity index (χ4n) is 3.28. The van der Waals surface area contributed by atoms with Crippen LogP contribution in [0.25, 0.3) is 11.0 Å². The van der Waals surface area contributed by atoms with Crippen LogP contribution in [0.2, 0.25) is 0 Å². The van der Waals surface area contributed by atoms with Gasteiger partial charge in [-0.05, 0) is 24.3 Å². The molecule has 0 saturated heterocycles. The summed E-state index contributed by atoms with van der Waals surface area (Å²) in [6.45, 7) is 0.444. The predicted molar refractivity (Wildman–Crippen MR) is 111 cm³/mol. The number of aromatic nitrogens is 3. The SMILES string of the molecule is CN(Cc1nc2ccccc2n1CC(=O)c1ccccc1)C(=O)c1cccnc1. The fourth-order valence-corrected chi connectivity index (χ4v) is 3.28. The van der Waals surface area contributed by atoms with E-state index in [1.54, 1.807) is 48.6 Å². The van der Waals surface area contributed by atoms with Gasteiger partial charge in [-0.1, -0.05) is 42.5 Å². The maximum Gasteiger partial charge on any atom is 0.255 e. The van der Waals surface area contributed by atoms with Crippen LogP contribution in [0.5, 0.6) is 0 Å². The van der Waals surface area contributed by atoms with Gasteiger partial charge in [0.15, 0.2) is 5.78 Å². The molecule has 6 nitrogen and oxygen atoms in total. The molecular weight excluding hydrogens is 364 g/mol. The highest BCUT2D eigenvalue weighted by Gasteiger charge is 2.19. The van der Waals surface area contributed by atoms with Crippen molar-refractivity contribution in [2.75, 3.05) is 7.05 Å². The van der Waals surface area contributed by atoms with Crippen molar-refractivity contribution < 1.29 is 9.59 Å². The predicted octanol–water partition coefficient (Wildman–Crippen LogP) is 3.59. The summed E-state index contributed by atoms with van der Waals surface area (Å²) in [5.41, 5.74) is 2.83. The van der Waals surface area contributed by atoms with Gasteiger partial charge in [-0.15, -0.1) is 0 Å². The molecule has 1 amide bonds. The number of fused-ring (bicyclic) bond motifs is 1. The zero-order valence-electron chi connectivity index (χ0n) is 16.0. The molecule has 0 aliphatic rings. The number of hydrogen-bond donors (Lipinski definition) is 0. The lowest BCUT2D eigenvalue weighted by Crippen LogP contribution is -2.28. The van der Waals surface area contributed by atoms with Gasteiger partial charge in [0, 0.05) is 25.0 Å². The maximum absolute atomic E-state index is 12.8. The van der Waals surface area contributed by atoms with Gasteiger partial charge in [-0.3, -0.25) is 14.6 Å². The molecule has 2 aromatic carbocycles. The molecule has 4 rings (SSSR count). The number of carbonyl (C=O) groups is 2. The van der Waals surface area contributed by atoms with Crippen LogP contribution in [0.15, 0.2) is 79.1 Å². The number of nitrogens with zero attached hydrogens (tertiary/aromatic N) is 4. The van der Waals surface area contributed by atoms with E-state index in [0.717, 1.165) is 11.0 Å². The van der Waals surface area contributed by atoms with E-state index >= 15 is 0 Å². The van der Waals surface area contributed by atoms with Gasteiger partial charge in [-0.25, -0.2) is 4.98 Å². The largest absolute Gasteiger partial charge is 0.334 e. The summed E-state index contributed by atoms with van der Waals surface area (Å²) in [7, 11) is 1.72. The minimum Gasteiger partial charge on any atom is -0.334 e. The number of carbonyl (C=O) groups excluding carboxylic acids is 2. The van der Waals surface area contributed by atoms with Crippen molar-refractivity contribution in [2.24, 2.45) is 0 Å². The Hall–Kier alpha value is -3.80. The van der Waals surface area contributed by atoms with Crippen molar-refractivity contribution in [1.82, 2.24) is 19.4 Å². The topological polar surface area (TPSA) is 68.1 Å². The Kier molecular flexibility index (Phi) is 5.16. The molecule has 0 fully saturated rings. The van der Waals surface area contributed by atoms with Crippen LogP contribution in [-0.4, -0.2) is 38.2 Å². The third-order valence-corrected chi connectivity index (χ3v) is 4.76. The molecule has 0 aliphatic heterocycles. The van der Waals surface area contributed by atoms with Crippen molar-refractivity contribution in [2.45, 2.75) is 13.1 Å². The van der Waals surface area contributed by atoms with E-state index in [1.165, 1.54) is 0 Å². The second kappa shape index (κ2) is 8.06. The average molecular weight is 384 g/mol. The number of ketones is 1. The van der Waals surface area contributed by atoms with Crippen LogP contribution in [0.1, 0.15) is 26.5 Å². The van der Waals surface area contributed by atoms with Crippen molar-refractivity contribution in [3.05, 3.63) is 96.1 Å². The van der Waals surface area contributed by atoms with Gasteiger partial charge in [0.2, 0.25) is 0 Å². The molecule has 0 bridgehead atoms. The van der Waals surface area contributed by atoms with Crippen LogP contribution in [0.3, 0.4) is 0 Å². The van der Waals surface area contributed by atoms with Gasteiger partial charge < -0.3 is 9.47 Å².